The van der Waals surface area contributed by atoms with Gasteiger partial charge in [0.25, 0.3) is 0 Å². The molecule has 0 aromatic rings. The molecule has 98 valence electrons. The molecule has 3 fully saturated rings. The third-order valence-electron chi connectivity index (χ3n) is 6.14. The lowest BCUT2D eigenvalue weighted by molar-refractivity contribution is 0.193. The van der Waals surface area contributed by atoms with Crippen LogP contribution in [0.15, 0.2) is 0 Å². The summed E-state index contributed by atoms with van der Waals surface area (Å²) in [6.07, 6.45) is 4.24. The van der Waals surface area contributed by atoms with E-state index in [2.05, 4.69) is 37.5 Å². The molecule has 2 nitrogen and oxygen atoms in total. The van der Waals surface area contributed by atoms with Gasteiger partial charge in [-0.2, -0.15) is 0 Å². The van der Waals surface area contributed by atoms with E-state index >= 15 is 0 Å². The van der Waals surface area contributed by atoms with Crippen molar-refractivity contribution < 1.29 is 0 Å². The Hall–Kier alpha value is -0.0800. The lowest BCUT2D eigenvalue weighted by atomic mass is 10.0. The Labute approximate surface area is 106 Å². The van der Waals surface area contributed by atoms with Crippen molar-refractivity contribution in [3.05, 3.63) is 0 Å². The summed E-state index contributed by atoms with van der Waals surface area (Å²) in [5.41, 5.74) is 1.03. The van der Waals surface area contributed by atoms with Gasteiger partial charge >= 0.3 is 0 Å². The zero-order chi connectivity index (χ0) is 12.3. The molecule has 2 saturated heterocycles. The van der Waals surface area contributed by atoms with Gasteiger partial charge in [-0.15, -0.1) is 0 Å². The normalized spacial score (nSPS) is 37.8. The Bertz CT molecular complexity index is 294. The van der Waals surface area contributed by atoms with Gasteiger partial charge in [0.05, 0.1) is 0 Å². The van der Waals surface area contributed by atoms with Gasteiger partial charge in [0.15, 0.2) is 0 Å². The molecule has 0 aromatic heterocycles. The Morgan fingerprint density at radius 3 is 2.06 bits per heavy atom. The molecule has 3 rings (SSSR count). The molecule has 2 heteroatoms. The highest BCUT2D eigenvalue weighted by Gasteiger charge is 2.67. The molecule has 2 heterocycles. The van der Waals surface area contributed by atoms with Gasteiger partial charge in [-0.3, -0.25) is 9.80 Å². The fourth-order valence-electron chi connectivity index (χ4n) is 4.54. The maximum Gasteiger partial charge on any atom is 0.0223 e. The van der Waals surface area contributed by atoms with Gasteiger partial charge in [-0.05, 0) is 49.7 Å². The molecule has 0 aromatic carbocycles. The van der Waals surface area contributed by atoms with Crippen LogP contribution in [0.4, 0.5) is 0 Å². The van der Waals surface area contributed by atoms with Gasteiger partial charge in [0.2, 0.25) is 0 Å². The summed E-state index contributed by atoms with van der Waals surface area (Å²) in [5, 5.41) is 0. The van der Waals surface area contributed by atoms with Gasteiger partial charge < -0.3 is 0 Å². The van der Waals surface area contributed by atoms with E-state index in [9.17, 15) is 0 Å². The summed E-state index contributed by atoms with van der Waals surface area (Å²) in [6, 6.07) is 1.68. The van der Waals surface area contributed by atoms with Crippen LogP contribution in [-0.4, -0.2) is 48.1 Å². The molecule has 0 N–H and O–H groups in total. The number of hydrogen-bond acceptors (Lipinski definition) is 2. The van der Waals surface area contributed by atoms with Crippen molar-refractivity contribution in [1.82, 2.24) is 9.80 Å². The second kappa shape index (κ2) is 3.71. The van der Waals surface area contributed by atoms with E-state index in [1.54, 1.807) is 0 Å². The zero-order valence-corrected chi connectivity index (χ0v) is 12.0. The summed E-state index contributed by atoms with van der Waals surface area (Å²) >= 11 is 0. The van der Waals surface area contributed by atoms with E-state index in [-0.39, 0.29) is 0 Å². The minimum atomic E-state index is 0.515. The minimum absolute atomic E-state index is 0.515. The van der Waals surface area contributed by atoms with Crippen molar-refractivity contribution in [2.24, 2.45) is 10.8 Å². The third-order valence-corrected chi connectivity index (χ3v) is 6.14. The fraction of sp³-hybridized carbons (Fsp3) is 1.00. The summed E-state index contributed by atoms with van der Waals surface area (Å²) in [5.74, 6) is 0. The first-order chi connectivity index (χ1) is 7.94. The number of nitrogens with zero attached hydrogens (tertiary/aromatic N) is 2. The lowest BCUT2D eigenvalue weighted by Crippen LogP contribution is -2.39. The van der Waals surface area contributed by atoms with Gasteiger partial charge in [-0.1, -0.05) is 27.7 Å². The van der Waals surface area contributed by atoms with Crippen LogP contribution in [0.5, 0.6) is 0 Å². The van der Waals surface area contributed by atoms with Crippen molar-refractivity contribution in [3.63, 3.8) is 0 Å². The first-order valence-corrected chi connectivity index (χ1v) is 7.43. The first kappa shape index (κ1) is 12.0. The summed E-state index contributed by atoms with van der Waals surface area (Å²) in [7, 11) is 0. The van der Waals surface area contributed by atoms with E-state index in [1.807, 2.05) is 0 Å². The average Bonchev–Trinajstić information content (AvgIpc) is 2.54. The second-order valence-corrected chi connectivity index (χ2v) is 7.53. The molecule has 0 spiro atoms. The van der Waals surface area contributed by atoms with E-state index in [0.717, 1.165) is 12.1 Å². The predicted molar refractivity (Wildman–Crippen MR) is 72.1 cm³/mol. The predicted octanol–water partition coefficient (Wildman–Crippen LogP) is 2.59. The van der Waals surface area contributed by atoms with Crippen molar-refractivity contribution in [2.45, 2.75) is 59.0 Å². The van der Waals surface area contributed by atoms with Crippen LogP contribution in [0.2, 0.25) is 0 Å². The van der Waals surface area contributed by atoms with E-state index in [0.29, 0.717) is 10.8 Å². The Morgan fingerprint density at radius 2 is 1.41 bits per heavy atom. The molecular weight excluding hydrogens is 208 g/mol. The quantitative estimate of drug-likeness (QED) is 0.690. The van der Waals surface area contributed by atoms with Crippen LogP contribution in [0.25, 0.3) is 0 Å². The molecule has 1 unspecified atom stereocenters. The fourth-order valence-corrected chi connectivity index (χ4v) is 4.54. The zero-order valence-electron chi connectivity index (χ0n) is 12.0. The molecule has 17 heavy (non-hydrogen) atoms. The highest BCUT2D eigenvalue weighted by atomic mass is 15.3. The van der Waals surface area contributed by atoms with Crippen molar-refractivity contribution >= 4 is 0 Å². The smallest absolute Gasteiger partial charge is 0.0223 e. The topological polar surface area (TPSA) is 6.48 Å². The van der Waals surface area contributed by atoms with E-state index in [1.165, 1.54) is 45.4 Å². The van der Waals surface area contributed by atoms with Gasteiger partial charge in [-0.25, -0.2) is 0 Å². The van der Waals surface area contributed by atoms with Gasteiger partial charge in [0.1, 0.15) is 0 Å². The van der Waals surface area contributed by atoms with Crippen molar-refractivity contribution in [1.29, 1.82) is 0 Å². The van der Waals surface area contributed by atoms with Gasteiger partial charge in [0, 0.05) is 18.6 Å². The van der Waals surface area contributed by atoms with E-state index in [4.69, 9.17) is 0 Å². The highest BCUT2D eigenvalue weighted by Crippen LogP contribution is 2.65. The maximum absolute atomic E-state index is 2.82. The molecular formula is C15H28N2. The van der Waals surface area contributed by atoms with Crippen LogP contribution in [-0.2, 0) is 0 Å². The number of fused-ring (bicyclic) bond motifs is 1. The monoisotopic (exact) mass is 236 g/mol. The third kappa shape index (κ3) is 1.67. The summed E-state index contributed by atoms with van der Waals surface area (Å²) < 4.78 is 0. The SMILES string of the molecule is CC1(C)C(N2CCCN3CCCC3C2)C1(C)C. The Kier molecular flexibility index (Phi) is 2.61. The average molecular weight is 236 g/mol. The summed E-state index contributed by atoms with van der Waals surface area (Å²) in [6.45, 7) is 15.2. The van der Waals surface area contributed by atoms with E-state index < -0.39 is 0 Å². The van der Waals surface area contributed by atoms with Crippen LogP contribution in [0.1, 0.15) is 47.0 Å². The van der Waals surface area contributed by atoms with Crippen LogP contribution in [0.3, 0.4) is 0 Å². The standard InChI is InChI=1S/C15H28N2/c1-14(2)13(15(14,3)4)17-10-6-9-16-8-5-7-12(16)11-17/h12-13H,5-11H2,1-4H3. The van der Waals surface area contributed by atoms with Crippen molar-refractivity contribution in [2.75, 3.05) is 26.2 Å². The molecule has 3 aliphatic rings. The number of rotatable bonds is 1. The van der Waals surface area contributed by atoms with Crippen molar-refractivity contribution in [3.8, 4) is 0 Å². The molecule has 1 saturated carbocycles. The summed E-state index contributed by atoms with van der Waals surface area (Å²) in [4.78, 5) is 5.55. The second-order valence-electron chi connectivity index (χ2n) is 7.53. The molecule has 1 aliphatic carbocycles. The molecule has 0 radical (unpaired) electrons. The van der Waals surface area contributed by atoms with Crippen LogP contribution in [0, 0.1) is 10.8 Å². The van der Waals surface area contributed by atoms with Crippen LogP contribution >= 0.6 is 0 Å². The molecule has 0 amide bonds. The highest BCUT2D eigenvalue weighted by molar-refractivity contribution is 5.19. The minimum Gasteiger partial charge on any atom is -0.299 e. The molecule has 0 bridgehead atoms. The molecule has 1 atom stereocenters. The first-order valence-electron chi connectivity index (χ1n) is 7.43. The van der Waals surface area contributed by atoms with Crippen LogP contribution < -0.4 is 0 Å². The maximum atomic E-state index is 2.82. The number of hydrogen-bond donors (Lipinski definition) is 0. The Morgan fingerprint density at radius 1 is 0.824 bits per heavy atom. The molecule has 2 aliphatic heterocycles. The lowest BCUT2D eigenvalue weighted by Gasteiger charge is -2.27. The largest absolute Gasteiger partial charge is 0.299 e. The Balaban J connectivity index is 1.73.